The molecule has 7 heteroatoms. The molecule has 1 aromatic rings. The summed E-state index contributed by atoms with van der Waals surface area (Å²) in [6.45, 7) is 3.72. The van der Waals surface area contributed by atoms with Gasteiger partial charge >= 0.3 is 6.18 Å². The predicted octanol–water partition coefficient (Wildman–Crippen LogP) is 1.78. The molecule has 0 saturated heterocycles. The molecule has 19 heavy (non-hydrogen) atoms. The summed E-state index contributed by atoms with van der Waals surface area (Å²) in [6.07, 6.45) is -3.10. The lowest BCUT2D eigenvalue weighted by atomic mass is 10.3. The lowest BCUT2D eigenvalue weighted by molar-refractivity contribution is -0.140. The molecule has 0 unspecified atom stereocenters. The first-order chi connectivity index (χ1) is 8.79. The van der Waals surface area contributed by atoms with Crippen LogP contribution in [0.4, 0.5) is 13.2 Å². The molecule has 1 aromatic heterocycles. The van der Waals surface area contributed by atoms with Gasteiger partial charge in [0.2, 0.25) is 0 Å². The molecule has 0 bridgehead atoms. The molecule has 0 fully saturated rings. The Balaban J connectivity index is 2.51. The Morgan fingerprint density at radius 2 is 2.05 bits per heavy atom. The summed E-state index contributed by atoms with van der Waals surface area (Å²) in [6, 6.07) is 3.09. The third-order valence-corrected chi connectivity index (χ3v) is 2.37. The molecule has 0 saturated carbocycles. The van der Waals surface area contributed by atoms with E-state index in [1.165, 1.54) is 18.3 Å². The summed E-state index contributed by atoms with van der Waals surface area (Å²) >= 11 is 0. The Morgan fingerprint density at radius 3 is 2.63 bits per heavy atom. The molecular weight excluding hydrogens is 259 g/mol. The lowest BCUT2D eigenvalue weighted by Crippen LogP contribution is -2.35. The molecule has 1 amide bonds. The standard InChI is InChI=1S/C12H18F3N3O/c1-9(2)16-5-6-17-11(19)10-4-3-7-18(10)8-12(13,14)15/h3-4,7,9,16H,5-6,8H2,1-2H3,(H,17,19). The van der Waals surface area contributed by atoms with Crippen LogP contribution in [0.5, 0.6) is 0 Å². The maximum atomic E-state index is 12.3. The molecule has 108 valence electrons. The Morgan fingerprint density at radius 1 is 1.37 bits per heavy atom. The highest BCUT2D eigenvalue weighted by molar-refractivity contribution is 5.92. The number of alkyl halides is 3. The van der Waals surface area contributed by atoms with E-state index < -0.39 is 18.6 Å². The second kappa shape index (κ2) is 6.60. The quantitative estimate of drug-likeness (QED) is 0.779. The van der Waals surface area contributed by atoms with Gasteiger partial charge in [-0.15, -0.1) is 0 Å². The number of rotatable bonds is 6. The first-order valence-corrected chi connectivity index (χ1v) is 6.03. The number of amides is 1. The first kappa shape index (κ1) is 15.6. The second-order valence-corrected chi connectivity index (χ2v) is 4.50. The number of nitrogens with zero attached hydrogens (tertiary/aromatic N) is 1. The largest absolute Gasteiger partial charge is 0.406 e. The molecule has 1 heterocycles. The van der Waals surface area contributed by atoms with E-state index in [0.717, 1.165) is 4.57 Å². The summed E-state index contributed by atoms with van der Waals surface area (Å²) in [4.78, 5) is 11.7. The molecule has 0 spiro atoms. The molecule has 2 N–H and O–H groups in total. The third-order valence-electron chi connectivity index (χ3n) is 2.37. The van der Waals surface area contributed by atoms with Gasteiger partial charge in [0.05, 0.1) is 0 Å². The highest BCUT2D eigenvalue weighted by Gasteiger charge is 2.29. The van der Waals surface area contributed by atoms with Crippen molar-refractivity contribution in [3.63, 3.8) is 0 Å². The minimum atomic E-state index is -4.34. The van der Waals surface area contributed by atoms with Crippen molar-refractivity contribution in [1.82, 2.24) is 15.2 Å². The number of halogens is 3. The number of nitrogens with one attached hydrogen (secondary N) is 2. The van der Waals surface area contributed by atoms with E-state index >= 15 is 0 Å². The lowest BCUT2D eigenvalue weighted by Gasteiger charge is -2.12. The number of carbonyl (C=O) groups is 1. The van der Waals surface area contributed by atoms with Gasteiger partial charge in [0.1, 0.15) is 12.2 Å². The van der Waals surface area contributed by atoms with Gasteiger partial charge in [-0.3, -0.25) is 4.79 Å². The molecule has 0 radical (unpaired) electrons. The molecule has 4 nitrogen and oxygen atoms in total. The highest BCUT2D eigenvalue weighted by Crippen LogP contribution is 2.18. The van der Waals surface area contributed by atoms with Crippen LogP contribution in [0.3, 0.4) is 0 Å². The van der Waals surface area contributed by atoms with Crippen LogP contribution < -0.4 is 10.6 Å². The van der Waals surface area contributed by atoms with Crippen molar-refractivity contribution >= 4 is 5.91 Å². The third kappa shape index (κ3) is 5.78. The number of aromatic nitrogens is 1. The molecule has 0 atom stereocenters. The van der Waals surface area contributed by atoms with Gasteiger partial charge in [-0.1, -0.05) is 13.8 Å². The number of hydrogen-bond acceptors (Lipinski definition) is 2. The van der Waals surface area contributed by atoms with Gasteiger partial charge < -0.3 is 15.2 Å². The van der Waals surface area contributed by atoms with Gasteiger partial charge in [-0.05, 0) is 12.1 Å². The Hall–Kier alpha value is -1.50. The van der Waals surface area contributed by atoms with Crippen LogP contribution >= 0.6 is 0 Å². The van der Waals surface area contributed by atoms with E-state index in [-0.39, 0.29) is 5.69 Å². The molecule has 0 aromatic carbocycles. The Kier molecular flexibility index (Phi) is 5.41. The number of carbonyl (C=O) groups excluding carboxylic acids is 1. The average Bonchev–Trinajstić information content (AvgIpc) is 2.69. The van der Waals surface area contributed by atoms with Crippen LogP contribution in [0.2, 0.25) is 0 Å². The van der Waals surface area contributed by atoms with Crippen LogP contribution in [0.25, 0.3) is 0 Å². The van der Waals surface area contributed by atoms with Crippen molar-refractivity contribution in [2.45, 2.75) is 32.6 Å². The Labute approximate surface area is 110 Å². The van der Waals surface area contributed by atoms with E-state index in [4.69, 9.17) is 0 Å². The molecule has 0 aliphatic heterocycles. The van der Waals surface area contributed by atoms with Crippen LogP contribution in [-0.2, 0) is 6.54 Å². The highest BCUT2D eigenvalue weighted by atomic mass is 19.4. The Bertz CT molecular complexity index is 413. The van der Waals surface area contributed by atoms with Gasteiger partial charge in [-0.25, -0.2) is 0 Å². The van der Waals surface area contributed by atoms with Crippen molar-refractivity contribution in [2.75, 3.05) is 13.1 Å². The minimum Gasteiger partial charge on any atom is -0.349 e. The van der Waals surface area contributed by atoms with Crippen molar-refractivity contribution < 1.29 is 18.0 Å². The first-order valence-electron chi connectivity index (χ1n) is 6.03. The van der Waals surface area contributed by atoms with E-state index in [1.807, 2.05) is 13.8 Å². The van der Waals surface area contributed by atoms with Gasteiger partial charge in [0, 0.05) is 25.3 Å². The van der Waals surface area contributed by atoms with Gasteiger partial charge in [0.15, 0.2) is 0 Å². The van der Waals surface area contributed by atoms with Gasteiger partial charge in [0.25, 0.3) is 5.91 Å². The van der Waals surface area contributed by atoms with Crippen LogP contribution in [0, 0.1) is 0 Å². The zero-order valence-electron chi connectivity index (χ0n) is 10.9. The SMILES string of the molecule is CC(C)NCCNC(=O)c1cccn1CC(F)(F)F. The molecule has 0 aliphatic rings. The fraction of sp³-hybridized carbons (Fsp3) is 0.583. The van der Waals surface area contributed by atoms with Crippen molar-refractivity contribution in [3.8, 4) is 0 Å². The van der Waals surface area contributed by atoms with Crippen molar-refractivity contribution in [1.29, 1.82) is 0 Å². The van der Waals surface area contributed by atoms with Crippen LogP contribution in [0.15, 0.2) is 18.3 Å². The summed E-state index contributed by atoms with van der Waals surface area (Å²) in [5.74, 6) is -0.500. The maximum Gasteiger partial charge on any atom is 0.406 e. The average molecular weight is 277 g/mol. The summed E-state index contributed by atoms with van der Waals surface area (Å²) < 4.78 is 37.8. The second-order valence-electron chi connectivity index (χ2n) is 4.50. The van der Waals surface area contributed by atoms with E-state index in [9.17, 15) is 18.0 Å². The molecule has 1 rings (SSSR count). The van der Waals surface area contributed by atoms with E-state index in [1.54, 1.807) is 0 Å². The zero-order chi connectivity index (χ0) is 14.5. The summed E-state index contributed by atoms with van der Waals surface area (Å²) in [7, 11) is 0. The normalized spacial score (nSPS) is 11.9. The number of hydrogen-bond donors (Lipinski definition) is 2. The van der Waals surface area contributed by atoms with Crippen molar-refractivity contribution in [2.24, 2.45) is 0 Å². The van der Waals surface area contributed by atoms with E-state index in [0.29, 0.717) is 19.1 Å². The minimum absolute atomic E-state index is 0.0156. The predicted molar refractivity (Wildman–Crippen MR) is 66.0 cm³/mol. The van der Waals surface area contributed by atoms with Crippen LogP contribution in [-0.4, -0.2) is 35.8 Å². The maximum absolute atomic E-state index is 12.3. The molecular formula is C12H18F3N3O. The van der Waals surface area contributed by atoms with Crippen molar-refractivity contribution in [3.05, 3.63) is 24.0 Å². The van der Waals surface area contributed by atoms with Crippen LogP contribution in [0.1, 0.15) is 24.3 Å². The summed E-state index contributed by atoms with van der Waals surface area (Å²) in [5, 5.41) is 5.67. The fourth-order valence-corrected chi connectivity index (χ4v) is 1.58. The monoisotopic (exact) mass is 277 g/mol. The fourth-order valence-electron chi connectivity index (χ4n) is 1.58. The molecule has 0 aliphatic carbocycles. The smallest absolute Gasteiger partial charge is 0.349 e. The zero-order valence-corrected chi connectivity index (χ0v) is 10.9. The topological polar surface area (TPSA) is 46.1 Å². The summed E-state index contributed by atoms with van der Waals surface area (Å²) in [5.41, 5.74) is 0.0156. The van der Waals surface area contributed by atoms with E-state index in [2.05, 4.69) is 10.6 Å². The van der Waals surface area contributed by atoms with Gasteiger partial charge in [-0.2, -0.15) is 13.2 Å².